The van der Waals surface area contributed by atoms with Crippen LogP contribution in [0, 0.1) is 6.92 Å². The highest BCUT2D eigenvalue weighted by Crippen LogP contribution is 2.13. The third-order valence-electron chi connectivity index (χ3n) is 1.78. The summed E-state index contributed by atoms with van der Waals surface area (Å²) < 4.78 is 1.58. The number of imidazole rings is 1. The molecule has 0 fully saturated rings. The molecule has 2 rings (SSSR count). The summed E-state index contributed by atoms with van der Waals surface area (Å²) in [6, 6.07) is 5.88. The monoisotopic (exact) mass is 274 g/mol. The Morgan fingerprint density at radius 1 is 1.50 bits per heavy atom. The van der Waals surface area contributed by atoms with Crippen molar-refractivity contribution in [1.82, 2.24) is 7.76 Å². The molecule has 0 aliphatic rings. The Balaban J connectivity index is 2.98. The van der Waals surface area contributed by atoms with E-state index in [2.05, 4.69) is 4.98 Å². The van der Waals surface area contributed by atoms with Gasteiger partial charge in [-0.1, -0.05) is 6.07 Å². The summed E-state index contributed by atoms with van der Waals surface area (Å²) >= 11 is 1.99. The lowest BCUT2D eigenvalue weighted by molar-refractivity contribution is 1.19. The third-order valence-corrected chi connectivity index (χ3v) is 2.74. The van der Waals surface area contributed by atoms with Crippen molar-refractivity contribution >= 4 is 33.9 Å². The van der Waals surface area contributed by atoms with Crippen LogP contribution in [-0.4, -0.2) is 7.76 Å². The molecule has 0 unspecified atom stereocenters. The van der Waals surface area contributed by atoms with Crippen LogP contribution in [0.4, 0.5) is 0 Å². The summed E-state index contributed by atoms with van der Waals surface area (Å²) in [5.74, 6) is 0. The van der Waals surface area contributed by atoms with E-state index in [0.717, 1.165) is 16.6 Å². The first kappa shape index (κ1) is 7.85. The number of aromatic nitrogens is 2. The van der Waals surface area contributed by atoms with E-state index in [-0.39, 0.29) is 5.69 Å². The molecule has 1 heterocycles. The Hall–Kier alpha value is -0.780. The van der Waals surface area contributed by atoms with Crippen LogP contribution < -0.4 is 5.69 Å². The van der Waals surface area contributed by atoms with Crippen molar-refractivity contribution in [3.63, 3.8) is 0 Å². The molecule has 0 saturated carbocycles. The molecule has 0 atom stereocenters. The van der Waals surface area contributed by atoms with E-state index >= 15 is 0 Å². The largest absolute Gasteiger partial charge is 0.335 e. The fourth-order valence-electron chi connectivity index (χ4n) is 1.18. The third kappa shape index (κ3) is 1.06. The number of hydrogen-bond donors (Lipinski definition) is 1. The lowest BCUT2D eigenvalue weighted by Crippen LogP contribution is -2.06. The highest BCUT2D eigenvalue weighted by Gasteiger charge is 2.02. The van der Waals surface area contributed by atoms with Gasteiger partial charge in [-0.25, -0.2) is 7.58 Å². The summed E-state index contributed by atoms with van der Waals surface area (Å²) in [4.78, 5) is 13.9. The molecule has 0 amide bonds. The standard InChI is InChI=1S/C8H7IN2O/c1-5-2-3-6-7(4-5)11(9)8(12)10-6/h2-4H,1H3,(H,10,12). The van der Waals surface area contributed by atoms with Crippen LogP contribution in [0.25, 0.3) is 11.0 Å². The number of rotatable bonds is 0. The highest BCUT2D eigenvalue weighted by molar-refractivity contribution is 14.1. The number of H-pyrrole nitrogens is 1. The molecule has 1 N–H and O–H groups in total. The Morgan fingerprint density at radius 2 is 2.25 bits per heavy atom. The number of fused-ring (bicyclic) bond motifs is 1. The number of hydrogen-bond acceptors (Lipinski definition) is 1. The van der Waals surface area contributed by atoms with Crippen molar-refractivity contribution in [3.8, 4) is 0 Å². The molecule has 12 heavy (non-hydrogen) atoms. The van der Waals surface area contributed by atoms with E-state index in [4.69, 9.17) is 0 Å². The second-order valence-electron chi connectivity index (χ2n) is 2.73. The summed E-state index contributed by atoms with van der Waals surface area (Å²) in [5.41, 5.74) is 2.92. The average Bonchev–Trinajstić information content (AvgIpc) is 2.31. The van der Waals surface area contributed by atoms with Crippen molar-refractivity contribution in [3.05, 3.63) is 34.2 Å². The minimum Gasteiger partial charge on any atom is -0.305 e. The molecule has 2 aromatic rings. The molecule has 0 aliphatic carbocycles. The molecule has 0 radical (unpaired) electrons. The Bertz CT molecular complexity index is 483. The van der Waals surface area contributed by atoms with Gasteiger partial charge < -0.3 is 4.98 Å². The molecule has 1 aromatic heterocycles. The maximum Gasteiger partial charge on any atom is 0.335 e. The highest BCUT2D eigenvalue weighted by atomic mass is 127. The van der Waals surface area contributed by atoms with Gasteiger partial charge in [-0.05, 0) is 24.6 Å². The number of nitrogens with one attached hydrogen (secondary N) is 1. The van der Waals surface area contributed by atoms with E-state index in [1.165, 1.54) is 0 Å². The van der Waals surface area contributed by atoms with E-state index in [1.54, 1.807) is 2.78 Å². The van der Waals surface area contributed by atoms with Crippen LogP contribution in [0.5, 0.6) is 0 Å². The summed E-state index contributed by atoms with van der Waals surface area (Å²) in [6.45, 7) is 2.01. The van der Waals surface area contributed by atoms with Crippen LogP contribution in [0.1, 0.15) is 5.56 Å². The first-order valence-corrected chi connectivity index (χ1v) is 4.52. The van der Waals surface area contributed by atoms with Gasteiger partial charge in [-0.3, -0.25) is 0 Å². The second kappa shape index (κ2) is 2.62. The van der Waals surface area contributed by atoms with Crippen LogP contribution in [0.15, 0.2) is 23.0 Å². The van der Waals surface area contributed by atoms with Crippen LogP contribution >= 0.6 is 22.9 Å². The van der Waals surface area contributed by atoms with Crippen molar-refractivity contribution in [1.29, 1.82) is 0 Å². The molecular weight excluding hydrogens is 267 g/mol. The number of halogens is 1. The topological polar surface area (TPSA) is 37.8 Å². The minimum absolute atomic E-state index is 0.0730. The predicted octanol–water partition coefficient (Wildman–Crippen LogP) is 1.84. The minimum atomic E-state index is -0.0730. The zero-order valence-corrected chi connectivity index (χ0v) is 8.62. The van der Waals surface area contributed by atoms with Gasteiger partial charge in [0.1, 0.15) is 0 Å². The average molecular weight is 274 g/mol. The van der Waals surface area contributed by atoms with Crippen LogP contribution in [0.2, 0.25) is 0 Å². The zero-order valence-electron chi connectivity index (χ0n) is 6.47. The summed E-state index contributed by atoms with van der Waals surface area (Å²) in [6.07, 6.45) is 0. The number of nitrogens with zero attached hydrogens (tertiary/aromatic N) is 1. The van der Waals surface area contributed by atoms with Crippen molar-refractivity contribution in [2.75, 3.05) is 0 Å². The van der Waals surface area contributed by atoms with E-state index in [1.807, 2.05) is 48.0 Å². The van der Waals surface area contributed by atoms with Gasteiger partial charge in [0, 0.05) is 0 Å². The van der Waals surface area contributed by atoms with Crippen LogP contribution in [0.3, 0.4) is 0 Å². The first-order valence-electron chi connectivity index (χ1n) is 3.56. The SMILES string of the molecule is Cc1ccc2[nH]c(=O)n(I)c2c1. The molecule has 0 bridgehead atoms. The first-order chi connectivity index (χ1) is 5.68. The Labute approximate surface area is 82.9 Å². The molecule has 3 nitrogen and oxygen atoms in total. The fraction of sp³-hybridized carbons (Fsp3) is 0.125. The predicted molar refractivity (Wildman–Crippen MR) is 56.7 cm³/mol. The summed E-state index contributed by atoms with van der Waals surface area (Å²) in [5, 5.41) is 0. The molecule has 4 heteroatoms. The molecule has 0 spiro atoms. The second-order valence-corrected chi connectivity index (χ2v) is 3.70. The fourth-order valence-corrected chi connectivity index (χ4v) is 1.70. The van der Waals surface area contributed by atoms with E-state index in [0.29, 0.717) is 0 Å². The summed E-state index contributed by atoms with van der Waals surface area (Å²) in [7, 11) is 0. The Kier molecular flexibility index (Phi) is 1.71. The van der Waals surface area contributed by atoms with Gasteiger partial charge in [-0.15, -0.1) is 0 Å². The van der Waals surface area contributed by atoms with Crippen molar-refractivity contribution in [2.45, 2.75) is 6.92 Å². The van der Waals surface area contributed by atoms with Gasteiger partial charge in [0.15, 0.2) is 0 Å². The van der Waals surface area contributed by atoms with E-state index in [9.17, 15) is 4.79 Å². The molecule has 0 aliphatic heterocycles. The van der Waals surface area contributed by atoms with Gasteiger partial charge in [0.2, 0.25) is 0 Å². The van der Waals surface area contributed by atoms with Gasteiger partial charge in [0.25, 0.3) is 0 Å². The van der Waals surface area contributed by atoms with Gasteiger partial charge in [-0.2, -0.15) is 0 Å². The lowest BCUT2D eigenvalue weighted by atomic mass is 10.2. The Morgan fingerprint density at radius 3 is 3.00 bits per heavy atom. The number of benzene rings is 1. The number of aromatic amines is 1. The van der Waals surface area contributed by atoms with E-state index < -0.39 is 0 Å². The van der Waals surface area contributed by atoms with Crippen molar-refractivity contribution < 1.29 is 0 Å². The maximum atomic E-state index is 11.1. The molecule has 1 aromatic carbocycles. The number of aryl methyl sites for hydroxylation is 1. The normalized spacial score (nSPS) is 10.8. The van der Waals surface area contributed by atoms with Crippen LogP contribution in [-0.2, 0) is 0 Å². The quantitative estimate of drug-likeness (QED) is 0.731. The molecule has 0 saturated heterocycles. The maximum absolute atomic E-state index is 11.1. The smallest absolute Gasteiger partial charge is 0.305 e. The molecular formula is C8H7IN2O. The molecule has 62 valence electrons. The van der Waals surface area contributed by atoms with Crippen molar-refractivity contribution in [2.24, 2.45) is 0 Å². The zero-order chi connectivity index (χ0) is 8.72. The lowest BCUT2D eigenvalue weighted by Gasteiger charge is -1.92. The van der Waals surface area contributed by atoms with Gasteiger partial charge >= 0.3 is 5.69 Å². The van der Waals surface area contributed by atoms with Gasteiger partial charge in [0.05, 0.1) is 33.9 Å².